The number of rotatable bonds is 2. The highest BCUT2D eigenvalue weighted by atomic mass is 19.4. The molecule has 1 N–H and O–H groups in total. The summed E-state index contributed by atoms with van der Waals surface area (Å²) in [6.07, 6.45) is -4.59. The molecule has 0 fully saturated rings. The number of aromatic hydroxyl groups is 1. The van der Waals surface area contributed by atoms with E-state index < -0.39 is 17.5 Å². The maximum atomic E-state index is 12.4. The molecule has 1 rings (SSSR count). The van der Waals surface area contributed by atoms with Crippen LogP contribution in [0.1, 0.15) is 18.1 Å². The van der Waals surface area contributed by atoms with Gasteiger partial charge in [0.05, 0.1) is 11.3 Å². The van der Waals surface area contributed by atoms with E-state index >= 15 is 0 Å². The van der Waals surface area contributed by atoms with Crippen molar-refractivity contribution in [3.8, 4) is 5.75 Å². The van der Waals surface area contributed by atoms with Crippen LogP contribution in [0.4, 0.5) is 13.2 Å². The third-order valence-electron chi connectivity index (χ3n) is 1.95. The molecule has 0 saturated heterocycles. The molecule has 88 valence electrons. The van der Waals surface area contributed by atoms with Gasteiger partial charge < -0.3 is 9.94 Å². The molecule has 0 atom stereocenters. The van der Waals surface area contributed by atoms with Crippen molar-refractivity contribution in [3.05, 3.63) is 29.3 Å². The minimum atomic E-state index is -4.59. The second kappa shape index (κ2) is 4.42. The molecule has 0 bridgehead atoms. The number of oxime groups is 1. The van der Waals surface area contributed by atoms with Crippen molar-refractivity contribution >= 4 is 5.71 Å². The predicted octanol–water partition coefficient (Wildman–Crippen LogP) is 2.78. The fourth-order valence-corrected chi connectivity index (χ4v) is 1.18. The van der Waals surface area contributed by atoms with Gasteiger partial charge >= 0.3 is 6.18 Å². The van der Waals surface area contributed by atoms with Crippen molar-refractivity contribution in [2.75, 3.05) is 7.11 Å². The Balaban J connectivity index is 3.23. The number of halogens is 3. The zero-order valence-electron chi connectivity index (χ0n) is 8.67. The Bertz CT molecular complexity index is 413. The molecule has 0 spiro atoms. The van der Waals surface area contributed by atoms with Crippen LogP contribution in [-0.4, -0.2) is 17.9 Å². The van der Waals surface area contributed by atoms with Crippen LogP contribution in [-0.2, 0) is 11.0 Å². The van der Waals surface area contributed by atoms with Crippen LogP contribution in [0.25, 0.3) is 0 Å². The zero-order valence-corrected chi connectivity index (χ0v) is 8.67. The summed E-state index contributed by atoms with van der Waals surface area (Å²) in [4.78, 5) is 4.46. The van der Waals surface area contributed by atoms with Crippen LogP contribution in [0.5, 0.6) is 5.75 Å². The van der Waals surface area contributed by atoms with Crippen molar-refractivity contribution in [1.82, 2.24) is 0 Å². The van der Waals surface area contributed by atoms with Gasteiger partial charge in [0.15, 0.2) is 0 Å². The molecule has 0 unspecified atom stereocenters. The summed E-state index contributed by atoms with van der Waals surface area (Å²) in [6.45, 7) is 1.51. The van der Waals surface area contributed by atoms with E-state index in [1.807, 2.05) is 0 Å². The molecule has 1 aromatic carbocycles. The highest BCUT2D eigenvalue weighted by Crippen LogP contribution is 2.36. The van der Waals surface area contributed by atoms with E-state index in [0.717, 1.165) is 12.1 Å². The van der Waals surface area contributed by atoms with Crippen LogP contribution >= 0.6 is 0 Å². The minimum Gasteiger partial charge on any atom is -0.507 e. The maximum Gasteiger partial charge on any atom is 0.419 e. The first-order valence-corrected chi connectivity index (χ1v) is 4.34. The van der Waals surface area contributed by atoms with E-state index in [1.165, 1.54) is 20.1 Å². The number of benzene rings is 1. The number of hydrogen-bond donors (Lipinski definition) is 1. The minimum absolute atomic E-state index is 0.243. The summed E-state index contributed by atoms with van der Waals surface area (Å²) in [5, 5.41) is 12.6. The van der Waals surface area contributed by atoms with Gasteiger partial charge in [-0.25, -0.2) is 0 Å². The quantitative estimate of drug-likeness (QED) is 0.630. The van der Waals surface area contributed by atoms with Crippen molar-refractivity contribution in [2.45, 2.75) is 13.1 Å². The summed E-state index contributed by atoms with van der Waals surface area (Å²) in [7, 11) is 1.30. The summed E-state index contributed by atoms with van der Waals surface area (Å²) in [6, 6.07) is 3.14. The van der Waals surface area contributed by atoms with Crippen LogP contribution in [0.15, 0.2) is 23.4 Å². The maximum absolute atomic E-state index is 12.4. The lowest BCUT2D eigenvalue weighted by atomic mass is 10.1. The predicted molar refractivity (Wildman–Crippen MR) is 52.3 cm³/mol. The second-order valence-corrected chi connectivity index (χ2v) is 3.09. The lowest BCUT2D eigenvalue weighted by Crippen LogP contribution is -2.07. The SMILES string of the molecule is CON=C(C)c1ccc(O)c(C(F)(F)F)c1. The second-order valence-electron chi connectivity index (χ2n) is 3.09. The Morgan fingerprint density at radius 1 is 1.38 bits per heavy atom. The molecule has 0 aromatic heterocycles. The number of alkyl halides is 3. The fraction of sp³-hybridized carbons (Fsp3) is 0.300. The van der Waals surface area contributed by atoms with Gasteiger partial charge in [0.25, 0.3) is 0 Å². The fourth-order valence-electron chi connectivity index (χ4n) is 1.18. The van der Waals surface area contributed by atoms with Gasteiger partial charge in [-0.3, -0.25) is 0 Å². The van der Waals surface area contributed by atoms with Crippen LogP contribution in [0, 0.1) is 0 Å². The molecule has 6 heteroatoms. The zero-order chi connectivity index (χ0) is 12.3. The van der Waals surface area contributed by atoms with Gasteiger partial charge in [-0.15, -0.1) is 0 Å². The molecule has 0 radical (unpaired) electrons. The Labute approximate surface area is 90.1 Å². The molecule has 0 saturated carbocycles. The van der Waals surface area contributed by atoms with E-state index in [-0.39, 0.29) is 5.56 Å². The Morgan fingerprint density at radius 2 is 2.00 bits per heavy atom. The molecule has 0 heterocycles. The Hall–Kier alpha value is -1.72. The first-order chi connectivity index (χ1) is 7.36. The van der Waals surface area contributed by atoms with Crippen LogP contribution < -0.4 is 0 Å². The van der Waals surface area contributed by atoms with E-state index in [1.54, 1.807) is 0 Å². The Kier molecular flexibility index (Phi) is 3.41. The average molecular weight is 233 g/mol. The largest absolute Gasteiger partial charge is 0.507 e. The van der Waals surface area contributed by atoms with Gasteiger partial charge in [-0.1, -0.05) is 5.16 Å². The molecule has 16 heavy (non-hydrogen) atoms. The van der Waals surface area contributed by atoms with Crippen molar-refractivity contribution in [3.63, 3.8) is 0 Å². The van der Waals surface area contributed by atoms with E-state index in [0.29, 0.717) is 5.71 Å². The van der Waals surface area contributed by atoms with Gasteiger partial charge in [0.2, 0.25) is 0 Å². The monoisotopic (exact) mass is 233 g/mol. The van der Waals surface area contributed by atoms with Crippen molar-refractivity contribution < 1.29 is 23.1 Å². The van der Waals surface area contributed by atoms with Gasteiger partial charge in [-0.2, -0.15) is 13.2 Å². The molecule has 0 aliphatic carbocycles. The first kappa shape index (κ1) is 12.4. The van der Waals surface area contributed by atoms with Crippen molar-refractivity contribution in [1.29, 1.82) is 0 Å². The highest BCUT2D eigenvalue weighted by molar-refractivity contribution is 5.98. The van der Waals surface area contributed by atoms with Crippen LogP contribution in [0.3, 0.4) is 0 Å². The molecule has 1 aromatic rings. The molecule has 3 nitrogen and oxygen atoms in total. The van der Waals surface area contributed by atoms with Gasteiger partial charge in [-0.05, 0) is 30.7 Å². The lowest BCUT2D eigenvalue weighted by molar-refractivity contribution is -0.138. The molecular weight excluding hydrogens is 223 g/mol. The Morgan fingerprint density at radius 3 is 2.50 bits per heavy atom. The van der Waals surface area contributed by atoms with E-state index in [4.69, 9.17) is 5.11 Å². The summed E-state index contributed by atoms with van der Waals surface area (Å²) in [5.74, 6) is -0.804. The third-order valence-corrected chi connectivity index (χ3v) is 1.95. The first-order valence-electron chi connectivity index (χ1n) is 4.34. The summed E-state index contributed by atoms with van der Waals surface area (Å²) < 4.78 is 37.3. The molecule has 0 aliphatic rings. The summed E-state index contributed by atoms with van der Waals surface area (Å²) in [5.41, 5.74) is -0.546. The van der Waals surface area contributed by atoms with Gasteiger partial charge in [0, 0.05) is 0 Å². The van der Waals surface area contributed by atoms with Crippen molar-refractivity contribution in [2.24, 2.45) is 5.16 Å². The topological polar surface area (TPSA) is 41.8 Å². The number of nitrogens with zero attached hydrogens (tertiary/aromatic N) is 1. The molecule has 0 amide bonds. The highest BCUT2D eigenvalue weighted by Gasteiger charge is 2.34. The average Bonchev–Trinajstić information content (AvgIpc) is 2.16. The smallest absolute Gasteiger partial charge is 0.419 e. The number of hydrogen-bond acceptors (Lipinski definition) is 3. The number of phenols is 1. The standard InChI is InChI=1S/C10H10F3NO2/c1-6(14-16-2)7-3-4-9(15)8(5-7)10(11,12)13/h3-5,15H,1-2H3. The number of phenolic OH excluding ortho intramolecular Hbond substituents is 1. The summed E-state index contributed by atoms with van der Waals surface area (Å²) >= 11 is 0. The van der Waals surface area contributed by atoms with E-state index in [2.05, 4.69) is 9.99 Å². The molecular formula is C10H10F3NO2. The van der Waals surface area contributed by atoms with Gasteiger partial charge in [0.1, 0.15) is 12.9 Å². The third kappa shape index (κ3) is 2.65. The normalized spacial score (nSPS) is 12.7. The van der Waals surface area contributed by atoms with Crippen LogP contribution in [0.2, 0.25) is 0 Å². The van der Waals surface area contributed by atoms with E-state index in [9.17, 15) is 13.2 Å². The molecule has 0 aliphatic heterocycles. The lowest BCUT2D eigenvalue weighted by Gasteiger charge is -2.10.